The van der Waals surface area contributed by atoms with Crippen molar-refractivity contribution >= 4 is 35.3 Å². The summed E-state index contributed by atoms with van der Waals surface area (Å²) in [5.74, 6) is -2.20. The van der Waals surface area contributed by atoms with Crippen LogP contribution in [0.4, 0.5) is 10.1 Å². The van der Waals surface area contributed by atoms with E-state index in [2.05, 4.69) is 20.9 Å². The molecule has 0 saturated carbocycles. The number of hydrazone groups is 1. The second kappa shape index (κ2) is 10.1. The first-order valence-corrected chi connectivity index (χ1v) is 10.6. The highest BCUT2D eigenvalue weighted by atomic mass is 35.5. The fourth-order valence-electron chi connectivity index (χ4n) is 3.16. The Bertz CT molecular complexity index is 1370. The summed E-state index contributed by atoms with van der Waals surface area (Å²) in [5.41, 5.74) is 5.85. The van der Waals surface area contributed by atoms with Crippen LogP contribution in [-0.2, 0) is 9.59 Å². The zero-order valence-electron chi connectivity index (χ0n) is 18.0. The highest BCUT2D eigenvalue weighted by Crippen LogP contribution is 2.24. The number of halogens is 2. The van der Waals surface area contributed by atoms with Crippen LogP contribution in [0.15, 0.2) is 84.1 Å². The van der Waals surface area contributed by atoms with Crippen molar-refractivity contribution < 1.29 is 14.0 Å². The molecule has 1 aromatic heterocycles. The molecule has 170 valence electrons. The molecule has 2 N–H and O–H groups in total. The fourth-order valence-corrected chi connectivity index (χ4v) is 3.33. The van der Waals surface area contributed by atoms with E-state index in [9.17, 15) is 14.0 Å². The Balaban J connectivity index is 1.54. The maximum atomic E-state index is 13.4. The van der Waals surface area contributed by atoms with Gasteiger partial charge in [-0.05, 0) is 61.0 Å². The van der Waals surface area contributed by atoms with E-state index in [-0.39, 0.29) is 5.82 Å². The van der Waals surface area contributed by atoms with Crippen molar-refractivity contribution in [3.8, 4) is 16.9 Å². The average molecular weight is 476 g/mol. The average Bonchev–Trinajstić information content (AvgIpc) is 3.27. The van der Waals surface area contributed by atoms with Gasteiger partial charge in [-0.3, -0.25) is 9.59 Å². The lowest BCUT2D eigenvalue weighted by Gasteiger charge is -2.08. The Morgan fingerprint density at radius 1 is 1.00 bits per heavy atom. The topological polar surface area (TPSA) is 88.4 Å². The Labute approximate surface area is 199 Å². The van der Waals surface area contributed by atoms with E-state index in [1.807, 2.05) is 30.3 Å². The van der Waals surface area contributed by atoms with Gasteiger partial charge >= 0.3 is 11.8 Å². The van der Waals surface area contributed by atoms with Gasteiger partial charge in [-0.25, -0.2) is 14.5 Å². The van der Waals surface area contributed by atoms with Crippen LogP contribution in [0, 0.1) is 12.7 Å². The number of para-hydroxylation sites is 1. The molecule has 4 rings (SSSR count). The zero-order chi connectivity index (χ0) is 24.1. The van der Waals surface area contributed by atoms with E-state index in [1.54, 1.807) is 48.1 Å². The summed E-state index contributed by atoms with van der Waals surface area (Å²) in [6, 6.07) is 20.3. The second-order valence-electron chi connectivity index (χ2n) is 7.29. The van der Waals surface area contributed by atoms with Crippen LogP contribution < -0.4 is 10.7 Å². The highest BCUT2D eigenvalue weighted by molar-refractivity contribution is 6.40. The molecule has 0 radical (unpaired) electrons. The van der Waals surface area contributed by atoms with Crippen LogP contribution in [0.2, 0.25) is 5.02 Å². The lowest BCUT2D eigenvalue weighted by Crippen LogP contribution is -2.32. The first-order valence-electron chi connectivity index (χ1n) is 10.2. The molecule has 0 aliphatic heterocycles. The smallest absolute Gasteiger partial charge is 0.317 e. The SMILES string of the molecule is Cc1c(Cl)cccc1NC(=O)C(=O)NN=Cc1cn(-c2ccccc2)nc1-c1ccc(F)cc1. The number of carbonyl (C=O) groups is 2. The van der Waals surface area contributed by atoms with Crippen molar-refractivity contribution in [2.75, 3.05) is 5.32 Å². The molecule has 9 heteroatoms. The second-order valence-corrected chi connectivity index (χ2v) is 7.69. The van der Waals surface area contributed by atoms with Crippen LogP contribution in [0.5, 0.6) is 0 Å². The predicted molar refractivity (Wildman–Crippen MR) is 130 cm³/mol. The molecule has 34 heavy (non-hydrogen) atoms. The Hall–Kier alpha value is -4.30. The molecule has 0 fully saturated rings. The van der Waals surface area contributed by atoms with Gasteiger partial charge in [0.2, 0.25) is 0 Å². The van der Waals surface area contributed by atoms with E-state index < -0.39 is 11.8 Å². The van der Waals surface area contributed by atoms with Gasteiger partial charge in [-0.1, -0.05) is 35.9 Å². The molecular weight excluding hydrogens is 457 g/mol. The molecule has 3 aromatic carbocycles. The molecule has 1 heterocycles. The summed E-state index contributed by atoms with van der Waals surface area (Å²) >= 11 is 6.04. The number of carbonyl (C=O) groups excluding carboxylic acids is 2. The first-order chi connectivity index (χ1) is 16.4. The Morgan fingerprint density at radius 2 is 1.74 bits per heavy atom. The van der Waals surface area contributed by atoms with Crippen molar-refractivity contribution in [2.24, 2.45) is 5.10 Å². The number of hydrogen-bond acceptors (Lipinski definition) is 4. The first kappa shape index (κ1) is 22.9. The number of aromatic nitrogens is 2. The minimum absolute atomic E-state index is 0.366. The summed E-state index contributed by atoms with van der Waals surface area (Å²) in [7, 11) is 0. The third-order valence-corrected chi connectivity index (χ3v) is 5.38. The minimum Gasteiger partial charge on any atom is -0.317 e. The number of amides is 2. The predicted octanol–water partition coefficient (Wildman–Crippen LogP) is 4.73. The lowest BCUT2D eigenvalue weighted by molar-refractivity contribution is -0.136. The molecule has 7 nitrogen and oxygen atoms in total. The van der Waals surface area contributed by atoms with E-state index in [1.165, 1.54) is 18.3 Å². The maximum Gasteiger partial charge on any atom is 0.329 e. The van der Waals surface area contributed by atoms with Gasteiger partial charge in [0.1, 0.15) is 11.5 Å². The molecule has 0 unspecified atom stereocenters. The van der Waals surface area contributed by atoms with Crippen molar-refractivity contribution in [2.45, 2.75) is 6.92 Å². The minimum atomic E-state index is -0.950. The lowest BCUT2D eigenvalue weighted by atomic mass is 10.1. The van der Waals surface area contributed by atoms with Gasteiger partial charge in [0.25, 0.3) is 0 Å². The molecule has 0 bridgehead atoms. The van der Waals surface area contributed by atoms with Gasteiger partial charge in [-0.15, -0.1) is 0 Å². The van der Waals surface area contributed by atoms with E-state index in [0.717, 1.165) is 5.69 Å². The standard InChI is InChI=1S/C25H19ClFN5O2/c1-16-21(26)8-5-9-22(16)29-24(33)25(34)30-28-14-18-15-32(20-6-3-2-4-7-20)31-23(18)17-10-12-19(27)13-11-17/h2-15H,1H3,(H,29,33)(H,30,34). The number of nitrogens with one attached hydrogen (secondary N) is 2. The molecule has 0 saturated heterocycles. The summed E-state index contributed by atoms with van der Waals surface area (Å²) < 4.78 is 15.0. The summed E-state index contributed by atoms with van der Waals surface area (Å²) in [6.07, 6.45) is 3.10. The summed E-state index contributed by atoms with van der Waals surface area (Å²) in [4.78, 5) is 24.5. The Morgan fingerprint density at radius 3 is 2.47 bits per heavy atom. The third kappa shape index (κ3) is 5.19. The Kier molecular flexibility index (Phi) is 6.79. The summed E-state index contributed by atoms with van der Waals surface area (Å²) in [5, 5.41) is 11.5. The van der Waals surface area contributed by atoms with Gasteiger partial charge in [0.15, 0.2) is 0 Å². The number of anilines is 1. The van der Waals surface area contributed by atoms with Crippen molar-refractivity contribution in [1.29, 1.82) is 0 Å². The van der Waals surface area contributed by atoms with Crippen LogP contribution in [0.25, 0.3) is 16.9 Å². The third-order valence-electron chi connectivity index (χ3n) is 4.97. The molecule has 2 amide bonds. The van der Waals surface area contributed by atoms with Crippen LogP contribution in [0.3, 0.4) is 0 Å². The van der Waals surface area contributed by atoms with Gasteiger partial charge in [0, 0.05) is 28.0 Å². The van der Waals surface area contributed by atoms with Gasteiger partial charge in [0.05, 0.1) is 11.9 Å². The molecule has 0 aliphatic rings. The fraction of sp³-hybridized carbons (Fsp3) is 0.0400. The van der Waals surface area contributed by atoms with Gasteiger partial charge < -0.3 is 5.32 Å². The van der Waals surface area contributed by atoms with Crippen LogP contribution in [0.1, 0.15) is 11.1 Å². The quantitative estimate of drug-likeness (QED) is 0.248. The van der Waals surface area contributed by atoms with Crippen molar-refractivity contribution in [3.05, 3.63) is 101 Å². The van der Waals surface area contributed by atoms with Gasteiger partial charge in [-0.2, -0.15) is 10.2 Å². The number of benzene rings is 3. The highest BCUT2D eigenvalue weighted by Gasteiger charge is 2.15. The molecule has 4 aromatic rings. The monoisotopic (exact) mass is 475 g/mol. The molecule has 0 spiro atoms. The molecule has 0 atom stereocenters. The molecule has 0 aliphatic carbocycles. The van der Waals surface area contributed by atoms with E-state index in [0.29, 0.717) is 33.1 Å². The number of rotatable bonds is 5. The van der Waals surface area contributed by atoms with Crippen molar-refractivity contribution in [3.63, 3.8) is 0 Å². The van der Waals surface area contributed by atoms with E-state index >= 15 is 0 Å². The molecular formula is C25H19ClFN5O2. The zero-order valence-corrected chi connectivity index (χ0v) is 18.8. The number of hydrogen-bond donors (Lipinski definition) is 2. The largest absolute Gasteiger partial charge is 0.329 e. The van der Waals surface area contributed by atoms with Crippen LogP contribution >= 0.6 is 11.6 Å². The van der Waals surface area contributed by atoms with E-state index in [4.69, 9.17) is 11.6 Å². The summed E-state index contributed by atoms with van der Waals surface area (Å²) in [6.45, 7) is 1.73. The van der Waals surface area contributed by atoms with Crippen molar-refractivity contribution in [1.82, 2.24) is 15.2 Å². The number of nitrogens with zero attached hydrogens (tertiary/aromatic N) is 3. The maximum absolute atomic E-state index is 13.4. The van der Waals surface area contributed by atoms with Crippen LogP contribution in [-0.4, -0.2) is 27.8 Å². The normalized spacial score (nSPS) is 10.9.